The number of H-pyrrole nitrogens is 2. The molecule has 0 atom stereocenters. The quantitative estimate of drug-likeness (QED) is 0.647. The van der Waals surface area contributed by atoms with Crippen LogP contribution in [0.5, 0.6) is 5.75 Å². The van der Waals surface area contributed by atoms with Crippen molar-refractivity contribution < 1.29 is 9.13 Å². The lowest BCUT2D eigenvalue weighted by molar-refractivity contribution is 0.411. The van der Waals surface area contributed by atoms with E-state index in [0.29, 0.717) is 5.75 Å². The number of methoxy groups -OCH3 is 1. The van der Waals surface area contributed by atoms with E-state index in [9.17, 15) is 9.18 Å². The number of aromatic amines is 2. The predicted octanol–water partition coefficient (Wildman–Crippen LogP) is 1.04. The van der Waals surface area contributed by atoms with Gasteiger partial charge in [0.2, 0.25) is 5.95 Å². The van der Waals surface area contributed by atoms with Gasteiger partial charge in [-0.05, 0) is 12.1 Å². The molecule has 0 aliphatic rings. The van der Waals surface area contributed by atoms with Gasteiger partial charge in [-0.1, -0.05) is 0 Å². The molecule has 3 rings (SSSR count). The van der Waals surface area contributed by atoms with E-state index in [2.05, 4.69) is 19.9 Å². The minimum atomic E-state index is -0.521. The van der Waals surface area contributed by atoms with Crippen molar-refractivity contribution in [2.75, 3.05) is 12.8 Å². The highest BCUT2D eigenvalue weighted by molar-refractivity contribution is 5.76. The van der Waals surface area contributed by atoms with Crippen molar-refractivity contribution in [1.29, 1.82) is 0 Å². The van der Waals surface area contributed by atoms with Crippen molar-refractivity contribution in [3.05, 3.63) is 34.4 Å². The Balaban J connectivity index is 2.20. The molecule has 102 valence electrons. The van der Waals surface area contributed by atoms with Crippen LogP contribution < -0.4 is 16.0 Å². The Morgan fingerprint density at radius 3 is 2.80 bits per heavy atom. The number of anilines is 1. The van der Waals surface area contributed by atoms with Gasteiger partial charge in [0.1, 0.15) is 17.4 Å². The molecule has 4 N–H and O–H groups in total. The summed E-state index contributed by atoms with van der Waals surface area (Å²) in [6.45, 7) is 0. The second-order valence-corrected chi connectivity index (χ2v) is 4.08. The summed E-state index contributed by atoms with van der Waals surface area (Å²) in [5.74, 6) is 0.0230. The Morgan fingerprint density at radius 1 is 1.30 bits per heavy atom. The number of halogens is 1. The molecule has 0 radical (unpaired) electrons. The largest absolute Gasteiger partial charge is 0.497 e. The number of rotatable bonds is 2. The van der Waals surface area contributed by atoms with E-state index in [4.69, 9.17) is 10.5 Å². The second-order valence-electron chi connectivity index (χ2n) is 4.08. The highest BCUT2D eigenvalue weighted by Crippen LogP contribution is 2.24. The lowest BCUT2D eigenvalue weighted by Gasteiger charge is -2.02. The summed E-state index contributed by atoms with van der Waals surface area (Å²) in [6, 6.07) is 4.33. The Kier molecular flexibility index (Phi) is 2.63. The molecule has 2 heterocycles. The summed E-state index contributed by atoms with van der Waals surface area (Å²) >= 11 is 0. The number of hydrogen-bond acceptors (Lipinski definition) is 5. The van der Waals surface area contributed by atoms with Gasteiger partial charge < -0.3 is 15.5 Å². The molecule has 0 fully saturated rings. The van der Waals surface area contributed by atoms with Crippen LogP contribution in [0, 0.1) is 5.82 Å². The maximum absolute atomic E-state index is 14.0. The first-order valence-electron chi connectivity index (χ1n) is 5.68. The topological polar surface area (TPSA) is 110 Å². The second kappa shape index (κ2) is 4.34. The van der Waals surface area contributed by atoms with Crippen LogP contribution in [0.3, 0.4) is 0 Å². The molecule has 3 aromatic rings. The average Bonchev–Trinajstić information content (AvgIpc) is 2.82. The molecule has 0 amide bonds. The number of aromatic nitrogens is 4. The summed E-state index contributed by atoms with van der Waals surface area (Å²) in [4.78, 5) is 24.7. The summed E-state index contributed by atoms with van der Waals surface area (Å²) in [7, 11) is 1.45. The zero-order valence-corrected chi connectivity index (χ0v) is 10.4. The van der Waals surface area contributed by atoms with Crippen LogP contribution in [-0.4, -0.2) is 27.0 Å². The number of benzene rings is 1. The zero-order valence-electron chi connectivity index (χ0n) is 10.4. The normalized spacial score (nSPS) is 10.9. The monoisotopic (exact) mass is 275 g/mol. The van der Waals surface area contributed by atoms with Crippen LogP contribution >= 0.6 is 0 Å². The van der Waals surface area contributed by atoms with E-state index in [1.54, 1.807) is 6.07 Å². The number of nitrogens with one attached hydrogen (secondary N) is 2. The molecule has 2 aromatic heterocycles. The van der Waals surface area contributed by atoms with Gasteiger partial charge in [-0.15, -0.1) is 0 Å². The summed E-state index contributed by atoms with van der Waals surface area (Å²) in [5.41, 5.74) is 5.46. The van der Waals surface area contributed by atoms with Crippen molar-refractivity contribution in [2.24, 2.45) is 0 Å². The number of nitrogens with zero attached hydrogens (tertiary/aromatic N) is 2. The Morgan fingerprint density at radius 2 is 2.10 bits per heavy atom. The highest BCUT2D eigenvalue weighted by atomic mass is 19.1. The molecule has 0 aliphatic carbocycles. The van der Waals surface area contributed by atoms with E-state index in [1.807, 2.05) is 0 Å². The first-order chi connectivity index (χ1) is 9.58. The molecule has 7 nitrogen and oxygen atoms in total. The Hall–Kier alpha value is -2.90. The molecular weight excluding hydrogens is 265 g/mol. The third-order valence-corrected chi connectivity index (χ3v) is 2.81. The van der Waals surface area contributed by atoms with Crippen molar-refractivity contribution >= 4 is 17.1 Å². The Labute approximate surface area is 111 Å². The number of hydrogen-bond donors (Lipinski definition) is 3. The van der Waals surface area contributed by atoms with Gasteiger partial charge in [-0.25, -0.2) is 9.37 Å². The number of nitrogen functional groups attached to an aromatic ring is 1. The molecular formula is C12H10FN5O2. The third kappa shape index (κ3) is 1.87. The van der Waals surface area contributed by atoms with Crippen LogP contribution in [-0.2, 0) is 0 Å². The molecule has 0 bridgehead atoms. The molecule has 0 aliphatic heterocycles. The average molecular weight is 275 g/mol. The summed E-state index contributed by atoms with van der Waals surface area (Å²) < 4.78 is 18.9. The number of imidazole rings is 1. The van der Waals surface area contributed by atoms with E-state index in [0.717, 1.165) is 0 Å². The van der Waals surface area contributed by atoms with Crippen LogP contribution in [0.15, 0.2) is 23.0 Å². The van der Waals surface area contributed by atoms with Gasteiger partial charge in [-0.3, -0.25) is 9.78 Å². The van der Waals surface area contributed by atoms with Gasteiger partial charge in [0.05, 0.1) is 12.7 Å². The van der Waals surface area contributed by atoms with Crippen LogP contribution in [0.1, 0.15) is 0 Å². The highest BCUT2D eigenvalue weighted by Gasteiger charge is 2.14. The number of nitrogens with two attached hydrogens (primary N) is 1. The molecule has 20 heavy (non-hydrogen) atoms. The van der Waals surface area contributed by atoms with Crippen LogP contribution in [0.25, 0.3) is 22.6 Å². The van der Waals surface area contributed by atoms with E-state index in [-0.39, 0.29) is 28.5 Å². The van der Waals surface area contributed by atoms with Crippen LogP contribution in [0.4, 0.5) is 10.3 Å². The fourth-order valence-electron chi connectivity index (χ4n) is 1.87. The fraction of sp³-hybridized carbons (Fsp3) is 0.0833. The van der Waals surface area contributed by atoms with Crippen molar-refractivity contribution in [1.82, 2.24) is 19.9 Å². The minimum Gasteiger partial charge on any atom is -0.497 e. The van der Waals surface area contributed by atoms with Crippen molar-refractivity contribution in [2.45, 2.75) is 0 Å². The molecule has 0 spiro atoms. The van der Waals surface area contributed by atoms with E-state index in [1.165, 1.54) is 19.2 Å². The van der Waals surface area contributed by atoms with Gasteiger partial charge in [0.25, 0.3) is 5.56 Å². The fourth-order valence-corrected chi connectivity index (χ4v) is 1.87. The predicted molar refractivity (Wildman–Crippen MR) is 70.9 cm³/mol. The standard InChI is InChI=1S/C12H10FN5O2/c1-20-5-2-3-6(7(13)4-5)9-15-8-10(16-9)17-12(14)18-11(8)19/h2-4H,1H3,(H4,14,15,16,17,18,19). The lowest BCUT2D eigenvalue weighted by Crippen LogP contribution is -2.10. The van der Waals surface area contributed by atoms with Crippen molar-refractivity contribution in [3.63, 3.8) is 0 Å². The number of fused-ring (bicyclic) bond motifs is 1. The van der Waals surface area contributed by atoms with Gasteiger partial charge >= 0.3 is 0 Å². The molecule has 0 saturated heterocycles. The molecule has 0 saturated carbocycles. The first-order valence-corrected chi connectivity index (χ1v) is 5.68. The van der Waals surface area contributed by atoms with Gasteiger partial charge in [0.15, 0.2) is 11.2 Å². The summed E-state index contributed by atoms with van der Waals surface area (Å²) in [5, 5.41) is 0. The van der Waals surface area contributed by atoms with Crippen LogP contribution in [0.2, 0.25) is 0 Å². The lowest BCUT2D eigenvalue weighted by atomic mass is 10.2. The Bertz CT molecular complexity index is 855. The smallest absolute Gasteiger partial charge is 0.278 e. The summed E-state index contributed by atoms with van der Waals surface area (Å²) in [6.07, 6.45) is 0. The SMILES string of the molecule is COc1ccc(-c2nc3nc(N)[nH]c(=O)c3[nH]2)c(F)c1. The third-order valence-electron chi connectivity index (χ3n) is 2.81. The maximum atomic E-state index is 14.0. The molecule has 0 unspecified atom stereocenters. The molecule has 1 aromatic carbocycles. The van der Waals surface area contributed by atoms with E-state index >= 15 is 0 Å². The van der Waals surface area contributed by atoms with Gasteiger partial charge in [0, 0.05) is 6.07 Å². The van der Waals surface area contributed by atoms with Crippen molar-refractivity contribution in [3.8, 4) is 17.1 Å². The molecule has 8 heteroatoms. The maximum Gasteiger partial charge on any atom is 0.278 e. The van der Waals surface area contributed by atoms with Gasteiger partial charge in [-0.2, -0.15) is 4.98 Å². The zero-order chi connectivity index (χ0) is 14.3. The van der Waals surface area contributed by atoms with E-state index < -0.39 is 11.4 Å². The first kappa shape index (κ1) is 12.2. The number of ether oxygens (including phenoxy) is 1. The minimum absolute atomic E-state index is 0.0456.